The van der Waals surface area contributed by atoms with E-state index in [0.29, 0.717) is 17.3 Å². The van der Waals surface area contributed by atoms with Crippen LogP contribution >= 0.6 is 0 Å². The first kappa shape index (κ1) is 15.9. The second kappa shape index (κ2) is 7.04. The zero-order valence-electron chi connectivity index (χ0n) is 13.1. The molecule has 0 aliphatic rings. The van der Waals surface area contributed by atoms with E-state index < -0.39 is 5.82 Å². The molecule has 0 radical (unpaired) electrons. The molecular weight excluding hydrogens is 309 g/mol. The van der Waals surface area contributed by atoms with Gasteiger partial charge < -0.3 is 9.84 Å². The largest absolute Gasteiger partial charge is 0.347 e. The maximum absolute atomic E-state index is 13.5. The molecule has 3 rings (SSSR count). The third kappa shape index (κ3) is 3.84. The standard InChI is InChI=1S/C18H16FN3O2/c1-12-6-8-13(9-7-12)18-21-17(24-22-18)11-20-16(23)10-14-4-2-3-5-15(14)19/h2-9H,10-11H2,1H3,(H,20,23). The molecule has 0 saturated carbocycles. The first-order valence-electron chi connectivity index (χ1n) is 7.51. The molecular formula is C18H16FN3O2. The molecule has 1 N–H and O–H groups in total. The summed E-state index contributed by atoms with van der Waals surface area (Å²) in [6.07, 6.45) is -0.0361. The summed E-state index contributed by atoms with van der Waals surface area (Å²) in [4.78, 5) is 16.1. The summed E-state index contributed by atoms with van der Waals surface area (Å²) >= 11 is 0. The van der Waals surface area contributed by atoms with Crippen molar-refractivity contribution >= 4 is 5.91 Å². The number of hydrogen-bond donors (Lipinski definition) is 1. The van der Waals surface area contributed by atoms with Gasteiger partial charge in [0.1, 0.15) is 5.82 Å². The fraction of sp³-hybridized carbons (Fsp3) is 0.167. The summed E-state index contributed by atoms with van der Waals surface area (Å²) in [7, 11) is 0. The highest BCUT2D eigenvalue weighted by Crippen LogP contribution is 2.16. The molecule has 0 fully saturated rings. The van der Waals surface area contributed by atoms with Crippen LogP contribution in [0, 0.1) is 12.7 Å². The molecule has 2 aromatic carbocycles. The Morgan fingerprint density at radius 2 is 1.92 bits per heavy atom. The van der Waals surface area contributed by atoms with Gasteiger partial charge in [0.15, 0.2) is 0 Å². The third-order valence-electron chi connectivity index (χ3n) is 3.52. The number of benzene rings is 2. The summed E-state index contributed by atoms with van der Waals surface area (Å²) < 4.78 is 18.6. The number of aromatic nitrogens is 2. The van der Waals surface area contributed by atoms with E-state index in [4.69, 9.17) is 4.52 Å². The van der Waals surface area contributed by atoms with Crippen molar-refractivity contribution in [1.82, 2.24) is 15.5 Å². The quantitative estimate of drug-likeness (QED) is 0.783. The maximum Gasteiger partial charge on any atom is 0.246 e. The fourth-order valence-electron chi connectivity index (χ4n) is 2.20. The van der Waals surface area contributed by atoms with Gasteiger partial charge in [0.2, 0.25) is 17.6 Å². The van der Waals surface area contributed by atoms with Gasteiger partial charge in [-0.05, 0) is 18.6 Å². The number of rotatable bonds is 5. The van der Waals surface area contributed by atoms with Crippen LogP contribution in [-0.2, 0) is 17.8 Å². The Kier molecular flexibility index (Phi) is 4.65. The van der Waals surface area contributed by atoms with Crippen LogP contribution in [-0.4, -0.2) is 16.0 Å². The highest BCUT2D eigenvalue weighted by molar-refractivity contribution is 5.78. The molecule has 122 valence electrons. The van der Waals surface area contributed by atoms with Crippen molar-refractivity contribution in [2.75, 3.05) is 0 Å². The number of carbonyl (C=O) groups is 1. The molecule has 0 saturated heterocycles. The van der Waals surface area contributed by atoms with Crippen molar-refractivity contribution in [3.63, 3.8) is 0 Å². The molecule has 5 nitrogen and oxygen atoms in total. The minimum Gasteiger partial charge on any atom is -0.347 e. The lowest BCUT2D eigenvalue weighted by molar-refractivity contribution is -0.120. The number of amides is 1. The molecule has 1 heterocycles. The van der Waals surface area contributed by atoms with Crippen molar-refractivity contribution < 1.29 is 13.7 Å². The summed E-state index contributed by atoms with van der Waals surface area (Å²) in [5, 5.41) is 6.54. The average molecular weight is 325 g/mol. The Hall–Kier alpha value is -3.02. The lowest BCUT2D eigenvalue weighted by atomic mass is 10.1. The Balaban J connectivity index is 1.58. The van der Waals surface area contributed by atoms with Crippen LogP contribution in [0.25, 0.3) is 11.4 Å². The van der Waals surface area contributed by atoms with Gasteiger partial charge in [0.05, 0.1) is 13.0 Å². The molecule has 0 aliphatic carbocycles. The number of aryl methyl sites for hydroxylation is 1. The van der Waals surface area contributed by atoms with Crippen molar-refractivity contribution in [2.24, 2.45) is 0 Å². The zero-order valence-corrected chi connectivity index (χ0v) is 13.1. The molecule has 1 aromatic heterocycles. The van der Waals surface area contributed by atoms with Crippen molar-refractivity contribution in [3.8, 4) is 11.4 Å². The first-order chi connectivity index (χ1) is 11.6. The van der Waals surface area contributed by atoms with E-state index in [0.717, 1.165) is 11.1 Å². The lowest BCUT2D eigenvalue weighted by Gasteiger charge is -2.03. The molecule has 0 atom stereocenters. The van der Waals surface area contributed by atoms with Gasteiger partial charge in [-0.1, -0.05) is 53.2 Å². The Labute approximate surface area is 138 Å². The molecule has 1 amide bonds. The van der Waals surface area contributed by atoms with Crippen LogP contribution in [0.5, 0.6) is 0 Å². The monoisotopic (exact) mass is 325 g/mol. The number of nitrogens with zero attached hydrogens (tertiary/aromatic N) is 2. The molecule has 3 aromatic rings. The zero-order chi connectivity index (χ0) is 16.9. The van der Waals surface area contributed by atoms with Crippen LogP contribution in [0.15, 0.2) is 53.1 Å². The highest BCUT2D eigenvalue weighted by atomic mass is 19.1. The maximum atomic E-state index is 13.5. The minimum atomic E-state index is -0.396. The van der Waals surface area contributed by atoms with Crippen molar-refractivity contribution in [3.05, 3.63) is 71.4 Å². The molecule has 0 aliphatic heterocycles. The van der Waals surface area contributed by atoms with E-state index >= 15 is 0 Å². The van der Waals surface area contributed by atoms with Crippen LogP contribution in [0.1, 0.15) is 17.0 Å². The summed E-state index contributed by atoms with van der Waals surface area (Å²) in [5.41, 5.74) is 2.33. The molecule has 6 heteroatoms. The van der Waals surface area contributed by atoms with Gasteiger partial charge in [0, 0.05) is 5.56 Å². The van der Waals surface area contributed by atoms with Crippen LogP contribution in [0.2, 0.25) is 0 Å². The molecule has 0 spiro atoms. The van der Waals surface area contributed by atoms with E-state index in [1.165, 1.54) is 6.07 Å². The molecule has 24 heavy (non-hydrogen) atoms. The number of nitrogens with one attached hydrogen (secondary N) is 1. The van der Waals surface area contributed by atoms with Gasteiger partial charge in [-0.2, -0.15) is 4.98 Å². The van der Waals surface area contributed by atoms with Crippen LogP contribution in [0.3, 0.4) is 0 Å². The van der Waals surface area contributed by atoms with Crippen LogP contribution < -0.4 is 5.32 Å². The summed E-state index contributed by atoms with van der Waals surface area (Å²) in [6.45, 7) is 2.10. The van der Waals surface area contributed by atoms with Crippen molar-refractivity contribution in [2.45, 2.75) is 19.9 Å². The van der Waals surface area contributed by atoms with E-state index in [1.54, 1.807) is 18.2 Å². The van der Waals surface area contributed by atoms with Gasteiger partial charge in [-0.3, -0.25) is 4.79 Å². The Morgan fingerprint density at radius 1 is 1.17 bits per heavy atom. The fourth-order valence-corrected chi connectivity index (χ4v) is 2.20. The Morgan fingerprint density at radius 3 is 2.67 bits per heavy atom. The SMILES string of the molecule is Cc1ccc(-c2noc(CNC(=O)Cc3ccccc3F)n2)cc1. The summed E-state index contributed by atoms with van der Waals surface area (Å²) in [6, 6.07) is 13.9. The lowest BCUT2D eigenvalue weighted by Crippen LogP contribution is -2.25. The third-order valence-corrected chi connectivity index (χ3v) is 3.52. The van der Waals surface area contributed by atoms with Gasteiger partial charge in [-0.15, -0.1) is 0 Å². The topological polar surface area (TPSA) is 68.0 Å². The summed E-state index contributed by atoms with van der Waals surface area (Å²) in [5.74, 6) is 0.0584. The van der Waals surface area contributed by atoms with Gasteiger partial charge in [0.25, 0.3) is 0 Å². The molecule has 0 unspecified atom stereocenters. The molecule has 0 bridgehead atoms. The van der Waals surface area contributed by atoms with E-state index in [2.05, 4.69) is 15.5 Å². The average Bonchev–Trinajstić information content (AvgIpc) is 3.05. The second-order valence-corrected chi connectivity index (χ2v) is 5.42. The Bertz CT molecular complexity index is 843. The minimum absolute atomic E-state index is 0.0361. The van der Waals surface area contributed by atoms with E-state index in [1.807, 2.05) is 31.2 Å². The normalized spacial score (nSPS) is 10.6. The smallest absolute Gasteiger partial charge is 0.246 e. The number of hydrogen-bond acceptors (Lipinski definition) is 4. The number of halogens is 1. The highest BCUT2D eigenvalue weighted by Gasteiger charge is 2.11. The number of carbonyl (C=O) groups excluding carboxylic acids is 1. The van der Waals surface area contributed by atoms with Gasteiger partial charge >= 0.3 is 0 Å². The van der Waals surface area contributed by atoms with Crippen LogP contribution in [0.4, 0.5) is 4.39 Å². The van der Waals surface area contributed by atoms with Gasteiger partial charge in [-0.25, -0.2) is 4.39 Å². The predicted octanol–water partition coefficient (Wildman–Crippen LogP) is 3.04. The predicted molar refractivity (Wildman–Crippen MR) is 86.4 cm³/mol. The van der Waals surface area contributed by atoms with E-state index in [9.17, 15) is 9.18 Å². The van der Waals surface area contributed by atoms with E-state index in [-0.39, 0.29) is 18.9 Å². The second-order valence-electron chi connectivity index (χ2n) is 5.42. The van der Waals surface area contributed by atoms with Crippen molar-refractivity contribution in [1.29, 1.82) is 0 Å². The first-order valence-corrected chi connectivity index (χ1v) is 7.51.